The highest BCUT2D eigenvalue weighted by atomic mass is 32.2. The number of hydrogen-bond donors (Lipinski definition) is 0. The molecule has 0 N–H and O–H groups in total. The summed E-state index contributed by atoms with van der Waals surface area (Å²) in [6.45, 7) is 2.79. The van der Waals surface area contributed by atoms with Gasteiger partial charge in [-0.15, -0.1) is 11.8 Å². The van der Waals surface area contributed by atoms with Crippen LogP contribution in [0.3, 0.4) is 0 Å². The van der Waals surface area contributed by atoms with Crippen LogP contribution in [0.15, 0.2) is 58.4 Å². The summed E-state index contributed by atoms with van der Waals surface area (Å²) in [6, 6.07) is 10.8. The minimum absolute atomic E-state index is 0.105. The number of amides is 2. The van der Waals surface area contributed by atoms with Crippen molar-refractivity contribution in [2.45, 2.75) is 22.9 Å². The Morgan fingerprint density at radius 1 is 1.00 bits per heavy atom. The zero-order valence-corrected chi connectivity index (χ0v) is 24.2. The van der Waals surface area contributed by atoms with Crippen LogP contribution >= 0.6 is 11.8 Å². The van der Waals surface area contributed by atoms with Gasteiger partial charge in [-0.05, 0) is 30.3 Å². The van der Waals surface area contributed by atoms with E-state index in [9.17, 15) is 18.8 Å². The molecule has 4 aliphatic rings. The zero-order chi connectivity index (χ0) is 29.8. The van der Waals surface area contributed by atoms with Crippen molar-refractivity contribution in [3.05, 3.63) is 92.9 Å². The topological polar surface area (TPSA) is 87.6 Å². The predicted octanol–water partition coefficient (Wildman–Crippen LogP) is 3.02. The van der Waals surface area contributed by atoms with Crippen LogP contribution in [0, 0.1) is 11.6 Å². The highest BCUT2D eigenvalue weighted by Crippen LogP contribution is 2.45. The van der Waals surface area contributed by atoms with Gasteiger partial charge in [0.1, 0.15) is 6.17 Å². The molecule has 2 saturated heterocycles. The van der Waals surface area contributed by atoms with E-state index in [1.165, 1.54) is 33.6 Å². The van der Waals surface area contributed by atoms with Crippen LogP contribution in [0.5, 0.6) is 5.75 Å². The van der Waals surface area contributed by atoms with E-state index in [0.29, 0.717) is 31.7 Å². The predicted molar refractivity (Wildman–Crippen MR) is 154 cm³/mol. The monoisotopic (exact) mass is 609 g/mol. The molecule has 7 rings (SSSR count). The normalized spacial score (nSPS) is 21.8. The van der Waals surface area contributed by atoms with Crippen molar-refractivity contribution in [2.24, 2.45) is 0 Å². The smallest absolute Gasteiger partial charge is 0.403 e. The van der Waals surface area contributed by atoms with E-state index in [2.05, 4.69) is 4.90 Å². The molecule has 0 bridgehead atoms. The Kier molecular flexibility index (Phi) is 7.10. The number of thioether (sulfide) groups is 1. The number of rotatable bonds is 2. The van der Waals surface area contributed by atoms with E-state index in [4.69, 9.17) is 9.47 Å². The van der Waals surface area contributed by atoms with Crippen LogP contribution in [0.2, 0.25) is 0 Å². The van der Waals surface area contributed by atoms with Crippen molar-refractivity contribution in [3.8, 4) is 5.75 Å². The number of hydrogen-bond acceptors (Lipinski definition) is 8. The number of aromatic nitrogens is 1. The van der Waals surface area contributed by atoms with Crippen LogP contribution < -0.4 is 15.2 Å². The highest BCUT2D eigenvalue weighted by Gasteiger charge is 2.46. The molecule has 0 spiro atoms. The van der Waals surface area contributed by atoms with E-state index < -0.39 is 41.3 Å². The van der Waals surface area contributed by atoms with Gasteiger partial charge in [0, 0.05) is 61.2 Å². The number of likely N-dealkylation sites (N-methyl/N-ethyl adjacent to an activating group) is 1. The maximum Gasteiger partial charge on any atom is 0.415 e. The molecule has 224 valence electrons. The molecule has 0 radical (unpaired) electrons. The summed E-state index contributed by atoms with van der Waals surface area (Å²) in [6.07, 6.45) is 0.107. The number of nitrogens with zero attached hydrogens (tertiary/aromatic N) is 5. The highest BCUT2D eigenvalue weighted by molar-refractivity contribution is 7.98. The van der Waals surface area contributed by atoms with E-state index >= 15 is 4.39 Å². The Labute approximate surface area is 250 Å². The Morgan fingerprint density at radius 3 is 2.60 bits per heavy atom. The Balaban J connectivity index is 1.42. The summed E-state index contributed by atoms with van der Waals surface area (Å²) in [5.74, 6) is -2.51. The molecular formula is C30H29F2N5O5S. The summed E-state index contributed by atoms with van der Waals surface area (Å²) in [5, 5.41) is 1.85. The van der Waals surface area contributed by atoms with Crippen molar-refractivity contribution in [1.29, 1.82) is 0 Å². The number of morpholine rings is 1. The second-order valence-corrected chi connectivity index (χ2v) is 12.0. The third kappa shape index (κ3) is 4.66. The van der Waals surface area contributed by atoms with E-state index in [0.717, 1.165) is 16.5 Å². The SMILES string of the molecule is CN1CCN(C(=O)Oc2c3n(ccc2=O)N([C@@H]2c4ccccc4SCc4c2ccc(F)c4F)[C@@H]2COCCN2C3=O)CC1. The zero-order valence-electron chi connectivity index (χ0n) is 23.4. The minimum Gasteiger partial charge on any atom is -0.403 e. The number of carbonyl (C=O) groups excluding carboxylic acids is 2. The maximum absolute atomic E-state index is 15.4. The van der Waals surface area contributed by atoms with E-state index in [-0.39, 0.29) is 42.5 Å². The molecule has 10 nitrogen and oxygen atoms in total. The van der Waals surface area contributed by atoms with Gasteiger partial charge in [0.2, 0.25) is 11.2 Å². The molecule has 5 heterocycles. The second kappa shape index (κ2) is 11.0. The van der Waals surface area contributed by atoms with Crippen LogP contribution in [-0.4, -0.2) is 90.5 Å². The number of benzene rings is 2. The second-order valence-electron chi connectivity index (χ2n) is 11.0. The lowest BCUT2D eigenvalue weighted by Crippen LogP contribution is -2.66. The largest absolute Gasteiger partial charge is 0.415 e. The third-order valence-electron chi connectivity index (χ3n) is 8.48. The standard InChI is InChI=1S/C30H29F2N5O5S/c1-33-10-12-34(13-11-33)30(40)42-28-22(38)8-9-36-27(28)29(39)35-14-15-41-16-24(35)37(36)26-18-6-7-21(31)25(32)20(18)17-43-23-5-3-2-4-19(23)26/h2-9,24,26H,10-17H2,1H3/t24-,26+/m1/s1. The van der Waals surface area contributed by atoms with Crippen LogP contribution in [-0.2, 0) is 10.5 Å². The van der Waals surface area contributed by atoms with Crippen LogP contribution in [0.4, 0.5) is 13.6 Å². The first-order valence-corrected chi connectivity index (χ1v) is 15.1. The first kappa shape index (κ1) is 27.9. The fourth-order valence-corrected chi connectivity index (χ4v) is 7.32. The number of ether oxygens (including phenoxy) is 2. The van der Waals surface area contributed by atoms with Gasteiger partial charge in [0.25, 0.3) is 5.91 Å². The lowest BCUT2D eigenvalue weighted by atomic mass is 9.93. The molecule has 2 atom stereocenters. The van der Waals surface area contributed by atoms with Gasteiger partial charge in [0.15, 0.2) is 17.3 Å². The first-order chi connectivity index (χ1) is 20.8. The van der Waals surface area contributed by atoms with Gasteiger partial charge >= 0.3 is 6.09 Å². The summed E-state index contributed by atoms with van der Waals surface area (Å²) >= 11 is 1.40. The molecule has 2 fully saturated rings. The molecule has 43 heavy (non-hydrogen) atoms. The van der Waals surface area contributed by atoms with Crippen LogP contribution in [0.1, 0.15) is 33.2 Å². The average Bonchev–Trinajstić information content (AvgIpc) is 3.18. The van der Waals surface area contributed by atoms with Crippen molar-refractivity contribution in [1.82, 2.24) is 19.4 Å². The van der Waals surface area contributed by atoms with Gasteiger partial charge in [-0.2, -0.15) is 0 Å². The lowest BCUT2D eigenvalue weighted by molar-refractivity contribution is -0.0197. The van der Waals surface area contributed by atoms with Gasteiger partial charge in [-0.3, -0.25) is 19.3 Å². The molecule has 3 aromatic rings. The Bertz CT molecular complexity index is 1680. The molecule has 4 aliphatic heterocycles. The number of carbonyl (C=O) groups is 2. The molecule has 13 heteroatoms. The number of halogens is 2. The minimum atomic E-state index is -0.942. The van der Waals surface area contributed by atoms with Crippen molar-refractivity contribution in [2.75, 3.05) is 58.0 Å². The molecule has 0 aliphatic carbocycles. The maximum atomic E-state index is 15.4. The van der Waals surface area contributed by atoms with Crippen molar-refractivity contribution < 1.29 is 27.8 Å². The number of fused-ring (bicyclic) bond motifs is 4. The molecule has 0 saturated carbocycles. The van der Waals surface area contributed by atoms with Crippen molar-refractivity contribution in [3.63, 3.8) is 0 Å². The van der Waals surface area contributed by atoms with Crippen molar-refractivity contribution >= 4 is 23.8 Å². The fraction of sp³-hybridized carbons (Fsp3) is 0.367. The third-order valence-corrected chi connectivity index (χ3v) is 9.60. The summed E-state index contributed by atoms with van der Waals surface area (Å²) in [4.78, 5) is 46.6. The van der Waals surface area contributed by atoms with Gasteiger partial charge in [-0.25, -0.2) is 13.6 Å². The molecular weight excluding hydrogens is 580 g/mol. The summed E-state index contributed by atoms with van der Waals surface area (Å²) in [7, 11) is 1.96. The Morgan fingerprint density at radius 2 is 1.79 bits per heavy atom. The van der Waals surface area contributed by atoms with Gasteiger partial charge in [-0.1, -0.05) is 24.3 Å². The van der Waals surface area contributed by atoms with E-state index in [1.54, 1.807) is 11.0 Å². The molecule has 1 aromatic heterocycles. The first-order valence-electron chi connectivity index (χ1n) is 14.1. The van der Waals surface area contributed by atoms with Crippen LogP contribution in [0.25, 0.3) is 0 Å². The average molecular weight is 610 g/mol. The quantitative estimate of drug-likeness (QED) is 0.439. The number of piperazine rings is 1. The fourth-order valence-electron chi connectivity index (χ4n) is 6.21. The summed E-state index contributed by atoms with van der Waals surface area (Å²) < 4.78 is 43.0. The molecule has 2 aromatic carbocycles. The lowest BCUT2D eigenvalue weighted by Gasteiger charge is -2.51. The molecule has 2 amide bonds. The summed E-state index contributed by atoms with van der Waals surface area (Å²) in [5.41, 5.74) is 0.844. The molecule has 0 unspecified atom stereocenters. The van der Waals surface area contributed by atoms with E-state index in [1.807, 2.05) is 36.3 Å². The van der Waals surface area contributed by atoms with Gasteiger partial charge in [0.05, 0.1) is 19.3 Å². The Hall–Kier alpha value is -3.94. The number of pyridine rings is 1. The van der Waals surface area contributed by atoms with Gasteiger partial charge < -0.3 is 24.2 Å².